The Balaban J connectivity index is 1.87. The van der Waals surface area contributed by atoms with Crippen molar-refractivity contribution in [3.05, 3.63) is 53.8 Å². The number of halogens is 4. The second-order valence-electron chi connectivity index (χ2n) is 6.95. The molecule has 1 atom stereocenters. The number of nitrogens with one attached hydrogen (secondary N) is 2. The molecule has 0 fully saturated rings. The van der Waals surface area contributed by atoms with Crippen molar-refractivity contribution in [3.63, 3.8) is 0 Å². The molecule has 0 unspecified atom stereocenters. The number of benzene rings is 2. The number of fused-ring (bicyclic) bond motifs is 1. The van der Waals surface area contributed by atoms with Gasteiger partial charge in [-0.1, -0.05) is 17.4 Å². The molecular formula is C20H18F4N4O4S. The third-order valence-corrected chi connectivity index (χ3v) is 5.56. The number of alkyl halides is 3. The van der Waals surface area contributed by atoms with Crippen LogP contribution in [0.3, 0.4) is 0 Å². The lowest BCUT2D eigenvalue weighted by molar-refractivity contribution is -0.261. The molecule has 2 aromatic carbocycles. The first-order valence-corrected chi connectivity index (χ1v) is 10.2. The van der Waals surface area contributed by atoms with Crippen LogP contribution in [-0.2, 0) is 10.4 Å². The molecule has 0 aliphatic carbocycles. The number of nitrogens with zero attached hydrogens (tertiary/aromatic N) is 2. The van der Waals surface area contributed by atoms with Crippen LogP contribution in [0.2, 0.25) is 0 Å². The molecule has 3 aromatic rings. The van der Waals surface area contributed by atoms with Gasteiger partial charge < -0.3 is 20.4 Å². The van der Waals surface area contributed by atoms with Gasteiger partial charge in [-0.2, -0.15) is 13.2 Å². The standard InChI is InChI=1S/C20H18F4N4O4S/c1-28(8-9-29)16(30)19(32,20(22,23)24)11-2-7-14-15(10-11)33-18(26-14)27-17(31)25-13-5-3-12(21)4-6-13/h2-7,10,29,32H,8-9H2,1H3,(H2,25,26,27,31)/t19-/m0/s1. The van der Waals surface area contributed by atoms with Crippen LogP contribution in [0.4, 0.5) is 33.2 Å². The van der Waals surface area contributed by atoms with E-state index >= 15 is 0 Å². The van der Waals surface area contributed by atoms with Gasteiger partial charge >= 0.3 is 12.2 Å². The van der Waals surface area contributed by atoms with Gasteiger partial charge in [0.15, 0.2) is 5.13 Å². The highest BCUT2D eigenvalue weighted by Crippen LogP contribution is 2.42. The fourth-order valence-corrected chi connectivity index (χ4v) is 3.83. The summed E-state index contributed by atoms with van der Waals surface area (Å²) in [5.74, 6) is -2.13. The number of thiazole rings is 1. The number of hydrogen-bond acceptors (Lipinski definition) is 6. The average molecular weight is 486 g/mol. The third kappa shape index (κ3) is 5.05. The van der Waals surface area contributed by atoms with E-state index in [1.165, 1.54) is 18.2 Å². The van der Waals surface area contributed by atoms with Gasteiger partial charge in [0, 0.05) is 24.8 Å². The van der Waals surface area contributed by atoms with Crippen molar-refractivity contribution in [1.29, 1.82) is 0 Å². The van der Waals surface area contributed by atoms with Crippen molar-refractivity contribution in [1.82, 2.24) is 9.88 Å². The van der Waals surface area contributed by atoms with Crippen molar-refractivity contribution in [2.45, 2.75) is 11.8 Å². The molecule has 1 aromatic heterocycles. The van der Waals surface area contributed by atoms with Crippen LogP contribution in [-0.4, -0.2) is 58.4 Å². The fourth-order valence-electron chi connectivity index (χ4n) is 2.93. The lowest BCUT2D eigenvalue weighted by atomic mass is 9.91. The number of hydrogen-bond donors (Lipinski definition) is 4. The molecule has 0 aliphatic rings. The Morgan fingerprint density at radius 1 is 1.12 bits per heavy atom. The number of aliphatic hydroxyl groups is 2. The minimum absolute atomic E-state index is 0.0426. The first-order chi connectivity index (χ1) is 15.5. The maximum atomic E-state index is 13.8. The van der Waals surface area contributed by atoms with Crippen molar-refractivity contribution in [2.24, 2.45) is 0 Å². The predicted octanol–water partition coefficient (Wildman–Crippen LogP) is 3.28. The minimum Gasteiger partial charge on any atom is -0.395 e. The van der Waals surface area contributed by atoms with Gasteiger partial charge in [0.05, 0.1) is 16.8 Å². The van der Waals surface area contributed by atoms with Crippen LogP contribution in [0.15, 0.2) is 42.5 Å². The molecule has 0 saturated heterocycles. The van der Waals surface area contributed by atoms with Gasteiger partial charge in [0.25, 0.3) is 11.5 Å². The SMILES string of the molecule is CN(CCO)C(=O)[C@@](O)(c1ccc2nc(NC(=O)Nc3ccc(F)cc3)sc2c1)C(F)(F)F. The number of carbonyl (C=O) groups is 2. The summed E-state index contributed by atoms with van der Waals surface area (Å²) in [5, 5.41) is 24.3. The normalized spacial score (nSPS) is 13.4. The van der Waals surface area contributed by atoms with E-state index in [1.807, 2.05) is 0 Å². The molecule has 3 rings (SSSR count). The zero-order chi connectivity index (χ0) is 24.4. The summed E-state index contributed by atoms with van der Waals surface area (Å²) < 4.78 is 54.5. The summed E-state index contributed by atoms with van der Waals surface area (Å²) in [6, 6.07) is 7.32. The summed E-state index contributed by atoms with van der Waals surface area (Å²) in [6.07, 6.45) is -5.34. The number of anilines is 2. The molecule has 0 spiro atoms. The molecule has 4 N–H and O–H groups in total. The molecule has 0 radical (unpaired) electrons. The summed E-state index contributed by atoms with van der Waals surface area (Å²) in [6.45, 7) is -0.990. The second kappa shape index (κ2) is 9.29. The largest absolute Gasteiger partial charge is 0.430 e. The van der Waals surface area contributed by atoms with Gasteiger partial charge in [-0.25, -0.2) is 14.2 Å². The molecule has 0 saturated carbocycles. The number of rotatable bonds is 6. The lowest BCUT2D eigenvalue weighted by Crippen LogP contribution is -2.55. The molecule has 13 heteroatoms. The van der Waals surface area contributed by atoms with Gasteiger partial charge in [-0.15, -0.1) is 0 Å². The monoisotopic (exact) mass is 486 g/mol. The quantitative estimate of drug-likeness (QED) is 0.400. The van der Waals surface area contributed by atoms with Gasteiger partial charge in [0.2, 0.25) is 0 Å². The Labute approximate surface area is 188 Å². The van der Waals surface area contributed by atoms with E-state index in [0.717, 1.165) is 42.6 Å². The van der Waals surface area contributed by atoms with Gasteiger partial charge in [-0.3, -0.25) is 10.1 Å². The number of likely N-dealkylation sites (N-methyl/N-ethyl adjacent to an activating group) is 1. The highest BCUT2D eigenvalue weighted by molar-refractivity contribution is 7.22. The number of carbonyl (C=O) groups excluding carboxylic acids is 2. The van der Waals surface area contributed by atoms with Gasteiger partial charge in [0.1, 0.15) is 5.82 Å². The number of aromatic nitrogens is 1. The third-order valence-electron chi connectivity index (χ3n) is 4.63. The molecule has 33 heavy (non-hydrogen) atoms. The number of aliphatic hydroxyl groups excluding tert-OH is 1. The predicted molar refractivity (Wildman–Crippen MR) is 113 cm³/mol. The molecule has 176 valence electrons. The zero-order valence-electron chi connectivity index (χ0n) is 17.0. The van der Waals surface area contributed by atoms with Crippen LogP contribution < -0.4 is 10.6 Å². The first-order valence-electron chi connectivity index (χ1n) is 9.36. The molecule has 8 nitrogen and oxygen atoms in total. The molecular weight excluding hydrogens is 468 g/mol. The molecule has 3 amide bonds. The maximum Gasteiger partial charge on any atom is 0.430 e. The van der Waals surface area contributed by atoms with Crippen LogP contribution >= 0.6 is 11.3 Å². The van der Waals surface area contributed by atoms with Crippen molar-refractivity contribution in [3.8, 4) is 0 Å². The Morgan fingerprint density at radius 2 is 1.79 bits per heavy atom. The smallest absolute Gasteiger partial charge is 0.395 e. The van der Waals surface area contributed by atoms with Crippen LogP contribution in [0.5, 0.6) is 0 Å². The fraction of sp³-hybridized carbons (Fsp3) is 0.250. The Morgan fingerprint density at radius 3 is 2.39 bits per heavy atom. The highest BCUT2D eigenvalue weighted by atomic mass is 32.1. The van der Waals surface area contributed by atoms with Crippen molar-refractivity contribution >= 4 is 44.3 Å². The number of amides is 3. The Hall–Kier alpha value is -3.29. The minimum atomic E-state index is -5.34. The van der Waals surface area contributed by atoms with Crippen LogP contribution in [0, 0.1) is 5.82 Å². The van der Waals surface area contributed by atoms with Crippen LogP contribution in [0.25, 0.3) is 10.2 Å². The van der Waals surface area contributed by atoms with E-state index in [4.69, 9.17) is 5.11 Å². The van der Waals surface area contributed by atoms with E-state index < -0.39 is 48.2 Å². The van der Waals surface area contributed by atoms with E-state index in [9.17, 15) is 32.3 Å². The highest BCUT2D eigenvalue weighted by Gasteiger charge is 2.61. The lowest BCUT2D eigenvalue weighted by Gasteiger charge is -2.33. The molecule has 0 bridgehead atoms. The van der Waals surface area contributed by atoms with E-state index in [2.05, 4.69) is 15.6 Å². The topological polar surface area (TPSA) is 115 Å². The second-order valence-corrected chi connectivity index (χ2v) is 7.98. The maximum absolute atomic E-state index is 13.8. The Bertz CT molecular complexity index is 1170. The molecule has 0 aliphatic heterocycles. The van der Waals surface area contributed by atoms with E-state index in [-0.39, 0.29) is 15.3 Å². The van der Waals surface area contributed by atoms with Crippen LogP contribution in [0.1, 0.15) is 5.56 Å². The first kappa shape index (κ1) is 24.4. The van der Waals surface area contributed by atoms with E-state index in [1.54, 1.807) is 0 Å². The summed E-state index contributed by atoms with van der Waals surface area (Å²) in [4.78, 5) is 29.2. The molecule has 1 heterocycles. The summed E-state index contributed by atoms with van der Waals surface area (Å²) in [7, 11) is 1.03. The zero-order valence-corrected chi connectivity index (χ0v) is 17.8. The Kier molecular flexibility index (Phi) is 6.86. The summed E-state index contributed by atoms with van der Waals surface area (Å²) in [5.41, 5.74) is -4.05. The summed E-state index contributed by atoms with van der Waals surface area (Å²) >= 11 is 0.823. The van der Waals surface area contributed by atoms with E-state index in [0.29, 0.717) is 10.6 Å². The average Bonchev–Trinajstić information content (AvgIpc) is 3.14. The number of urea groups is 1. The van der Waals surface area contributed by atoms with Crippen molar-refractivity contribution in [2.75, 3.05) is 30.8 Å². The van der Waals surface area contributed by atoms with Gasteiger partial charge in [-0.05, 0) is 36.4 Å². The van der Waals surface area contributed by atoms with Crippen molar-refractivity contribution < 1.29 is 37.4 Å².